The van der Waals surface area contributed by atoms with Crippen LogP contribution in [0.2, 0.25) is 5.02 Å². The van der Waals surface area contributed by atoms with Crippen molar-refractivity contribution in [2.45, 2.75) is 13.8 Å². The number of hydrazone groups is 1. The average Bonchev–Trinajstić information content (AvgIpc) is 3.23. The van der Waals surface area contributed by atoms with E-state index in [1.807, 2.05) is 0 Å². The number of halogens is 1. The third-order valence-electron chi connectivity index (χ3n) is 4.23. The molecule has 0 aliphatic carbocycles. The number of anilines is 1. The highest BCUT2D eigenvalue weighted by Gasteiger charge is 2.31. The molecule has 0 bridgehead atoms. The van der Waals surface area contributed by atoms with Gasteiger partial charge in [-0.1, -0.05) is 23.7 Å². The second-order valence-corrected chi connectivity index (χ2v) is 7.60. The largest absolute Gasteiger partial charge is 0.507 e. The molecule has 2 aromatic heterocycles. The van der Waals surface area contributed by atoms with Crippen LogP contribution in [0.25, 0.3) is 17.3 Å². The van der Waals surface area contributed by atoms with Crippen molar-refractivity contribution in [1.82, 2.24) is 4.98 Å². The first-order chi connectivity index (χ1) is 13.8. The summed E-state index contributed by atoms with van der Waals surface area (Å²) in [6, 6.07) is 8.43. The molecule has 7 nitrogen and oxygen atoms in total. The normalized spacial score (nSPS) is 15.3. The summed E-state index contributed by atoms with van der Waals surface area (Å²) >= 11 is 7.03. The lowest BCUT2D eigenvalue weighted by Gasteiger charge is -2.07. The van der Waals surface area contributed by atoms with Gasteiger partial charge in [0.15, 0.2) is 0 Å². The standard InChI is InChI=1S/C20H14ClN3O4S/c1-10-7-16(25)17(19(27)28-10)15-9-29-20(22-15)24-18(26)14(11(2)23-24)8-12-3-5-13(21)6-4-12/h3-9,25H,1-2H3/b14-8-. The van der Waals surface area contributed by atoms with E-state index in [0.717, 1.165) is 16.9 Å². The minimum absolute atomic E-state index is 0.0534. The van der Waals surface area contributed by atoms with E-state index in [-0.39, 0.29) is 28.0 Å². The van der Waals surface area contributed by atoms with Gasteiger partial charge in [0.05, 0.1) is 17.0 Å². The third kappa shape index (κ3) is 3.59. The lowest BCUT2D eigenvalue weighted by molar-refractivity contribution is -0.114. The zero-order valence-electron chi connectivity index (χ0n) is 15.3. The summed E-state index contributed by atoms with van der Waals surface area (Å²) in [7, 11) is 0. The fraction of sp³-hybridized carbons (Fsp3) is 0.100. The Labute approximate surface area is 174 Å². The van der Waals surface area contributed by atoms with Crippen LogP contribution in [0.4, 0.5) is 5.13 Å². The quantitative estimate of drug-likeness (QED) is 0.631. The Bertz CT molecular complexity index is 1240. The van der Waals surface area contributed by atoms with Crippen molar-refractivity contribution in [3.63, 3.8) is 0 Å². The molecule has 0 unspecified atom stereocenters. The maximum atomic E-state index is 12.9. The number of benzene rings is 1. The van der Waals surface area contributed by atoms with Crippen LogP contribution >= 0.6 is 22.9 Å². The van der Waals surface area contributed by atoms with Gasteiger partial charge in [-0.3, -0.25) is 4.79 Å². The summed E-state index contributed by atoms with van der Waals surface area (Å²) in [5, 5.41) is 18.0. The average molecular weight is 428 g/mol. The van der Waals surface area contributed by atoms with Gasteiger partial charge in [-0.15, -0.1) is 11.3 Å². The monoisotopic (exact) mass is 427 g/mol. The molecule has 1 aromatic carbocycles. The Morgan fingerprint density at radius 1 is 1.21 bits per heavy atom. The lowest BCUT2D eigenvalue weighted by Crippen LogP contribution is -2.21. The molecule has 1 N–H and O–H groups in total. The minimum atomic E-state index is -0.699. The fourth-order valence-electron chi connectivity index (χ4n) is 2.85. The number of hydrogen-bond donors (Lipinski definition) is 1. The van der Waals surface area contributed by atoms with E-state index in [1.54, 1.807) is 49.6 Å². The molecule has 0 fully saturated rings. The van der Waals surface area contributed by atoms with Crippen LogP contribution in [-0.4, -0.2) is 21.7 Å². The third-order valence-corrected chi connectivity index (χ3v) is 5.30. The first-order valence-electron chi connectivity index (χ1n) is 8.50. The summed E-state index contributed by atoms with van der Waals surface area (Å²) in [5.74, 6) is -0.275. The SMILES string of the molecule is CC1=NN(c2nc(-c3c(O)cc(C)oc3=O)cs2)C(=O)/C1=C\c1ccc(Cl)cc1. The number of hydrogen-bond acceptors (Lipinski definition) is 7. The fourth-order valence-corrected chi connectivity index (χ4v) is 3.74. The Balaban J connectivity index is 1.67. The van der Waals surface area contributed by atoms with E-state index < -0.39 is 5.63 Å². The minimum Gasteiger partial charge on any atom is -0.507 e. The number of carbonyl (C=O) groups excluding carboxylic acids is 1. The molecule has 0 radical (unpaired) electrons. The second kappa shape index (κ2) is 7.31. The smallest absolute Gasteiger partial charge is 0.349 e. The van der Waals surface area contributed by atoms with Crippen LogP contribution in [-0.2, 0) is 4.79 Å². The van der Waals surface area contributed by atoms with Gasteiger partial charge in [0.2, 0.25) is 5.13 Å². The highest BCUT2D eigenvalue weighted by Crippen LogP contribution is 2.33. The molecular weight excluding hydrogens is 414 g/mol. The molecule has 3 heterocycles. The van der Waals surface area contributed by atoms with Crippen LogP contribution in [0.1, 0.15) is 18.2 Å². The Morgan fingerprint density at radius 3 is 2.62 bits per heavy atom. The first-order valence-corrected chi connectivity index (χ1v) is 9.76. The van der Waals surface area contributed by atoms with Gasteiger partial charge < -0.3 is 9.52 Å². The Kier molecular flexibility index (Phi) is 4.81. The van der Waals surface area contributed by atoms with Crippen molar-refractivity contribution in [1.29, 1.82) is 0 Å². The van der Waals surface area contributed by atoms with Gasteiger partial charge in [0.25, 0.3) is 5.91 Å². The Morgan fingerprint density at radius 2 is 1.93 bits per heavy atom. The van der Waals surface area contributed by atoms with Crippen LogP contribution in [0, 0.1) is 6.92 Å². The summed E-state index contributed by atoms with van der Waals surface area (Å²) in [6.07, 6.45) is 1.73. The van der Waals surface area contributed by atoms with Gasteiger partial charge in [-0.05, 0) is 37.6 Å². The zero-order valence-corrected chi connectivity index (χ0v) is 16.9. The van der Waals surface area contributed by atoms with Gasteiger partial charge in [0.1, 0.15) is 17.1 Å². The molecule has 29 heavy (non-hydrogen) atoms. The van der Waals surface area contributed by atoms with Crippen LogP contribution in [0.3, 0.4) is 0 Å². The maximum Gasteiger partial charge on any atom is 0.349 e. The van der Waals surface area contributed by atoms with E-state index in [0.29, 0.717) is 22.1 Å². The van der Waals surface area contributed by atoms with Crippen molar-refractivity contribution in [2.75, 3.05) is 5.01 Å². The molecule has 0 spiro atoms. The number of thiazole rings is 1. The van der Waals surface area contributed by atoms with E-state index in [2.05, 4.69) is 10.1 Å². The molecule has 1 amide bonds. The van der Waals surface area contributed by atoms with E-state index in [4.69, 9.17) is 16.0 Å². The number of amides is 1. The first kappa shape index (κ1) is 19.1. The van der Waals surface area contributed by atoms with Gasteiger partial charge in [-0.2, -0.15) is 10.1 Å². The summed E-state index contributed by atoms with van der Waals surface area (Å²) < 4.78 is 5.03. The van der Waals surface area contributed by atoms with Gasteiger partial charge >= 0.3 is 5.63 Å². The molecule has 0 atom stereocenters. The maximum absolute atomic E-state index is 12.9. The van der Waals surface area contributed by atoms with E-state index in [9.17, 15) is 14.7 Å². The molecule has 1 aliphatic rings. The van der Waals surface area contributed by atoms with Gasteiger partial charge in [0, 0.05) is 16.5 Å². The summed E-state index contributed by atoms with van der Waals surface area (Å²) in [5.41, 5.74) is 1.25. The molecule has 0 saturated carbocycles. The Hall–Kier alpha value is -3.23. The number of aromatic nitrogens is 1. The van der Waals surface area contributed by atoms with Crippen molar-refractivity contribution in [3.05, 3.63) is 68.1 Å². The highest BCUT2D eigenvalue weighted by molar-refractivity contribution is 7.14. The lowest BCUT2D eigenvalue weighted by atomic mass is 10.1. The molecule has 9 heteroatoms. The second-order valence-electron chi connectivity index (χ2n) is 6.33. The molecule has 146 valence electrons. The highest BCUT2D eigenvalue weighted by atomic mass is 35.5. The molecule has 3 aromatic rings. The van der Waals surface area contributed by atoms with Crippen LogP contribution in [0.15, 0.2) is 55.6 Å². The number of rotatable bonds is 3. The van der Waals surface area contributed by atoms with Gasteiger partial charge in [-0.25, -0.2) is 9.78 Å². The van der Waals surface area contributed by atoms with Crippen LogP contribution in [0.5, 0.6) is 5.75 Å². The van der Waals surface area contributed by atoms with E-state index in [1.165, 1.54) is 11.1 Å². The van der Waals surface area contributed by atoms with Crippen molar-refractivity contribution < 1.29 is 14.3 Å². The number of nitrogens with zero attached hydrogens (tertiary/aromatic N) is 3. The summed E-state index contributed by atoms with van der Waals surface area (Å²) in [4.78, 5) is 29.3. The zero-order chi connectivity index (χ0) is 20.7. The summed E-state index contributed by atoms with van der Waals surface area (Å²) in [6.45, 7) is 3.29. The number of aryl methyl sites for hydroxylation is 1. The molecule has 4 rings (SSSR count). The predicted molar refractivity (Wildman–Crippen MR) is 113 cm³/mol. The molecule has 0 saturated heterocycles. The molecule has 1 aliphatic heterocycles. The van der Waals surface area contributed by atoms with E-state index >= 15 is 0 Å². The van der Waals surface area contributed by atoms with Crippen molar-refractivity contribution in [2.24, 2.45) is 5.10 Å². The number of carbonyl (C=O) groups is 1. The van der Waals surface area contributed by atoms with Crippen molar-refractivity contribution >= 4 is 45.8 Å². The van der Waals surface area contributed by atoms with Crippen molar-refractivity contribution in [3.8, 4) is 17.0 Å². The topological polar surface area (TPSA) is 96.0 Å². The molecular formula is C20H14ClN3O4S. The number of aromatic hydroxyl groups is 1. The van der Waals surface area contributed by atoms with Crippen LogP contribution < -0.4 is 10.6 Å². The predicted octanol–water partition coefficient (Wildman–Crippen LogP) is 4.24.